The molecule has 1 aromatic rings. The van der Waals surface area contributed by atoms with E-state index in [2.05, 4.69) is 16.8 Å². The lowest BCUT2D eigenvalue weighted by atomic mass is 9.72. The molecule has 0 saturated heterocycles. The van der Waals surface area contributed by atoms with E-state index in [4.69, 9.17) is 0 Å². The van der Waals surface area contributed by atoms with E-state index in [9.17, 15) is 9.90 Å². The fourth-order valence-electron chi connectivity index (χ4n) is 3.47. The lowest BCUT2D eigenvalue weighted by molar-refractivity contribution is -0.130. The van der Waals surface area contributed by atoms with Crippen LogP contribution in [0.25, 0.3) is 0 Å². The summed E-state index contributed by atoms with van der Waals surface area (Å²) in [6.07, 6.45) is 8.06. The normalized spacial score (nSPS) is 23.9. The Hall–Kier alpha value is -0.870. The van der Waals surface area contributed by atoms with Crippen molar-refractivity contribution in [3.8, 4) is 0 Å². The molecule has 0 aromatic carbocycles. The Labute approximate surface area is 124 Å². The smallest absolute Gasteiger partial charge is 0.231 e. The van der Waals surface area contributed by atoms with Crippen LogP contribution >= 0.6 is 11.3 Å². The highest BCUT2D eigenvalue weighted by Gasteiger charge is 2.43. The average molecular weight is 293 g/mol. The molecule has 20 heavy (non-hydrogen) atoms. The van der Waals surface area contributed by atoms with Gasteiger partial charge in [-0.15, -0.1) is 11.3 Å². The fourth-order valence-corrected chi connectivity index (χ4v) is 4.45. The molecule has 4 heteroatoms. The number of aliphatic hydroxyl groups is 1. The highest BCUT2D eigenvalue weighted by atomic mass is 32.1. The Balaban J connectivity index is 1.73. The number of thiophene rings is 1. The second-order valence-corrected chi connectivity index (χ2v) is 7.33. The molecule has 1 aromatic heterocycles. The molecule has 0 atom stereocenters. The molecule has 2 aliphatic rings. The summed E-state index contributed by atoms with van der Waals surface area (Å²) in [6, 6.07) is 4.12. The van der Waals surface area contributed by atoms with Gasteiger partial charge in [-0.05, 0) is 43.6 Å². The number of amides is 1. The van der Waals surface area contributed by atoms with Gasteiger partial charge >= 0.3 is 0 Å². The first-order valence-corrected chi connectivity index (χ1v) is 8.57. The number of hydrogen-bond donors (Lipinski definition) is 2. The summed E-state index contributed by atoms with van der Waals surface area (Å²) in [6.45, 7) is 0.416. The molecule has 2 N–H and O–H groups in total. The van der Waals surface area contributed by atoms with E-state index in [0.29, 0.717) is 6.54 Å². The maximum atomic E-state index is 12.8. The molecular weight excluding hydrogens is 270 g/mol. The van der Waals surface area contributed by atoms with Crippen LogP contribution < -0.4 is 5.32 Å². The second-order valence-electron chi connectivity index (χ2n) is 6.38. The van der Waals surface area contributed by atoms with Crippen LogP contribution in [0.15, 0.2) is 17.5 Å². The molecule has 110 valence electrons. The van der Waals surface area contributed by atoms with Gasteiger partial charge in [0, 0.05) is 11.4 Å². The van der Waals surface area contributed by atoms with Crippen LogP contribution in [-0.4, -0.2) is 23.2 Å². The van der Waals surface area contributed by atoms with Gasteiger partial charge in [-0.3, -0.25) is 4.79 Å². The number of carbonyl (C=O) groups excluding carboxylic acids is 1. The Morgan fingerprint density at radius 1 is 1.20 bits per heavy atom. The van der Waals surface area contributed by atoms with Crippen molar-refractivity contribution in [2.75, 3.05) is 6.54 Å². The Morgan fingerprint density at radius 3 is 2.50 bits per heavy atom. The van der Waals surface area contributed by atoms with E-state index >= 15 is 0 Å². The van der Waals surface area contributed by atoms with E-state index in [-0.39, 0.29) is 11.3 Å². The first-order chi connectivity index (χ1) is 9.65. The van der Waals surface area contributed by atoms with Crippen molar-refractivity contribution in [2.45, 2.75) is 62.4 Å². The Kier molecular flexibility index (Phi) is 3.87. The van der Waals surface area contributed by atoms with Crippen molar-refractivity contribution in [3.63, 3.8) is 0 Å². The van der Waals surface area contributed by atoms with Crippen LogP contribution in [-0.2, 0) is 10.2 Å². The molecule has 1 amide bonds. The summed E-state index contributed by atoms with van der Waals surface area (Å²) in [7, 11) is 0. The molecule has 0 aliphatic heterocycles. The highest BCUT2D eigenvalue weighted by Crippen LogP contribution is 2.42. The number of hydrogen-bond acceptors (Lipinski definition) is 3. The fraction of sp³-hybridized carbons (Fsp3) is 0.688. The maximum absolute atomic E-state index is 12.8. The summed E-state index contributed by atoms with van der Waals surface area (Å²) in [4.78, 5) is 14.0. The van der Waals surface area contributed by atoms with Gasteiger partial charge in [0.25, 0.3) is 0 Å². The summed E-state index contributed by atoms with van der Waals surface area (Å²) in [5.41, 5.74) is -0.979. The van der Waals surface area contributed by atoms with Crippen molar-refractivity contribution in [1.82, 2.24) is 5.32 Å². The SMILES string of the molecule is O=C(NCC1(O)CCC1)C1(c2cccs2)CCCCC1. The van der Waals surface area contributed by atoms with Crippen molar-refractivity contribution < 1.29 is 9.90 Å². The third-order valence-electron chi connectivity index (χ3n) is 5.00. The summed E-state index contributed by atoms with van der Waals surface area (Å²) in [5.74, 6) is 0.125. The molecule has 2 saturated carbocycles. The van der Waals surface area contributed by atoms with Crippen molar-refractivity contribution in [1.29, 1.82) is 0 Å². The molecule has 0 bridgehead atoms. The summed E-state index contributed by atoms with van der Waals surface area (Å²) < 4.78 is 0. The molecular formula is C16H23NO2S. The van der Waals surface area contributed by atoms with Gasteiger partial charge in [0.2, 0.25) is 5.91 Å². The highest BCUT2D eigenvalue weighted by molar-refractivity contribution is 7.10. The average Bonchev–Trinajstić information content (AvgIpc) is 2.98. The minimum atomic E-state index is -0.638. The van der Waals surface area contributed by atoms with E-state index in [1.807, 2.05) is 6.07 Å². The third-order valence-corrected chi connectivity index (χ3v) is 6.07. The van der Waals surface area contributed by atoms with Gasteiger partial charge in [-0.25, -0.2) is 0 Å². The molecule has 0 unspecified atom stereocenters. The van der Waals surface area contributed by atoms with E-state index in [1.54, 1.807) is 11.3 Å². The second kappa shape index (κ2) is 5.49. The molecule has 3 nitrogen and oxygen atoms in total. The topological polar surface area (TPSA) is 49.3 Å². The van der Waals surface area contributed by atoms with Gasteiger partial charge in [-0.1, -0.05) is 25.3 Å². The molecule has 2 aliphatic carbocycles. The van der Waals surface area contributed by atoms with E-state index < -0.39 is 5.60 Å². The van der Waals surface area contributed by atoms with Crippen molar-refractivity contribution in [2.24, 2.45) is 0 Å². The predicted molar refractivity (Wildman–Crippen MR) is 80.9 cm³/mol. The van der Waals surface area contributed by atoms with Crippen LogP contribution in [0.3, 0.4) is 0 Å². The van der Waals surface area contributed by atoms with E-state index in [0.717, 1.165) is 44.9 Å². The van der Waals surface area contributed by atoms with Gasteiger partial charge in [0.1, 0.15) is 0 Å². The zero-order valence-electron chi connectivity index (χ0n) is 11.9. The minimum Gasteiger partial charge on any atom is -0.388 e. The molecule has 0 radical (unpaired) electrons. The zero-order chi connectivity index (χ0) is 14.1. The van der Waals surface area contributed by atoms with Gasteiger partial charge in [0.15, 0.2) is 0 Å². The lowest BCUT2D eigenvalue weighted by Crippen LogP contribution is -2.53. The number of nitrogens with one attached hydrogen (secondary N) is 1. The third kappa shape index (κ3) is 2.51. The summed E-state index contributed by atoms with van der Waals surface area (Å²) >= 11 is 1.69. The van der Waals surface area contributed by atoms with Crippen LogP contribution in [0.1, 0.15) is 56.2 Å². The van der Waals surface area contributed by atoms with Gasteiger partial charge < -0.3 is 10.4 Å². The maximum Gasteiger partial charge on any atom is 0.231 e. The van der Waals surface area contributed by atoms with E-state index in [1.165, 1.54) is 11.3 Å². The molecule has 3 rings (SSSR count). The minimum absolute atomic E-state index is 0.125. The monoisotopic (exact) mass is 293 g/mol. The first-order valence-electron chi connectivity index (χ1n) is 7.69. The van der Waals surface area contributed by atoms with Gasteiger partial charge in [0.05, 0.1) is 11.0 Å². The quantitative estimate of drug-likeness (QED) is 0.896. The standard InChI is InChI=1S/C16H23NO2S/c18-14(17-12-15(19)7-5-8-15)16(9-2-1-3-10-16)13-6-4-11-20-13/h4,6,11,19H,1-3,5,7-10,12H2,(H,17,18). The Morgan fingerprint density at radius 2 is 1.95 bits per heavy atom. The van der Waals surface area contributed by atoms with Crippen LogP contribution in [0.2, 0.25) is 0 Å². The summed E-state index contributed by atoms with van der Waals surface area (Å²) in [5, 5.41) is 15.3. The molecule has 0 spiro atoms. The largest absolute Gasteiger partial charge is 0.388 e. The zero-order valence-corrected chi connectivity index (χ0v) is 12.7. The molecule has 1 heterocycles. The van der Waals surface area contributed by atoms with Crippen LogP contribution in [0.5, 0.6) is 0 Å². The van der Waals surface area contributed by atoms with Crippen molar-refractivity contribution in [3.05, 3.63) is 22.4 Å². The van der Waals surface area contributed by atoms with Crippen LogP contribution in [0.4, 0.5) is 0 Å². The number of carbonyl (C=O) groups is 1. The first kappa shape index (κ1) is 14.1. The van der Waals surface area contributed by atoms with Crippen LogP contribution in [0, 0.1) is 0 Å². The van der Waals surface area contributed by atoms with Gasteiger partial charge in [-0.2, -0.15) is 0 Å². The van der Waals surface area contributed by atoms with Crippen molar-refractivity contribution >= 4 is 17.2 Å². The number of rotatable bonds is 4. The lowest BCUT2D eigenvalue weighted by Gasteiger charge is -2.39. The Bertz CT molecular complexity index is 459. The predicted octanol–water partition coefficient (Wildman–Crippen LogP) is 2.98. The molecule has 2 fully saturated rings.